The van der Waals surface area contributed by atoms with E-state index < -0.39 is 0 Å². The van der Waals surface area contributed by atoms with E-state index >= 15 is 0 Å². The number of rotatable bonds is 10. The van der Waals surface area contributed by atoms with Crippen LogP contribution in [0.2, 0.25) is 10.0 Å². The second kappa shape index (κ2) is 13.1. The first kappa shape index (κ1) is 25.7. The van der Waals surface area contributed by atoms with E-state index in [4.69, 9.17) is 32.7 Å². The van der Waals surface area contributed by atoms with Crippen molar-refractivity contribution in [3.8, 4) is 0 Å². The number of amides is 1. The van der Waals surface area contributed by atoms with Crippen molar-refractivity contribution in [2.45, 2.75) is 31.1 Å². The van der Waals surface area contributed by atoms with Gasteiger partial charge in [-0.25, -0.2) is 9.97 Å². The van der Waals surface area contributed by atoms with Gasteiger partial charge in [-0.1, -0.05) is 41.0 Å². The lowest BCUT2D eigenvalue weighted by atomic mass is 10.2. The number of halogens is 2. The highest BCUT2D eigenvalue weighted by Gasteiger charge is 2.21. The lowest BCUT2D eigenvalue weighted by molar-refractivity contribution is -0.142. The molecule has 0 unspecified atom stereocenters. The van der Waals surface area contributed by atoms with Gasteiger partial charge in [0, 0.05) is 38.6 Å². The van der Waals surface area contributed by atoms with Crippen LogP contribution in [0.15, 0.2) is 35.7 Å². The molecule has 1 N–H and O–H groups in total. The van der Waals surface area contributed by atoms with Crippen LogP contribution < -0.4 is 5.32 Å². The molecule has 2 aromatic rings. The standard InChI is InChI=1S/C22H26Cl2N4O4S/c1-2-31-21(30)8-16-9-26-22(27-10-16)33-14-20(29)25-11-17-13-28(5-6-32-17)12-15-3-4-18(23)19(24)7-15/h3-4,7,9-10,17H,2,5-6,8,11-14H2,1H3,(H,25,29)/t17-/m0/s1. The largest absolute Gasteiger partial charge is 0.466 e. The van der Waals surface area contributed by atoms with Crippen molar-refractivity contribution in [2.24, 2.45) is 0 Å². The Morgan fingerprint density at radius 1 is 1.24 bits per heavy atom. The fourth-order valence-corrected chi connectivity index (χ4v) is 4.18. The Balaban J connectivity index is 1.37. The highest BCUT2D eigenvalue weighted by atomic mass is 35.5. The van der Waals surface area contributed by atoms with Crippen molar-refractivity contribution in [1.82, 2.24) is 20.2 Å². The number of hydrogen-bond acceptors (Lipinski definition) is 8. The molecule has 0 bridgehead atoms. The van der Waals surface area contributed by atoms with Crippen LogP contribution in [0.3, 0.4) is 0 Å². The van der Waals surface area contributed by atoms with E-state index in [2.05, 4.69) is 20.2 Å². The monoisotopic (exact) mass is 512 g/mol. The fraction of sp³-hybridized carbons (Fsp3) is 0.455. The predicted molar refractivity (Wildman–Crippen MR) is 128 cm³/mol. The van der Waals surface area contributed by atoms with Gasteiger partial charge < -0.3 is 14.8 Å². The number of nitrogens with zero attached hydrogens (tertiary/aromatic N) is 3. The smallest absolute Gasteiger partial charge is 0.310 e. The molecule has 0 aliphatic carbocycles. The van der Waals surface area contributed by atoms with Crippen molar-refractivity contribution >= 4 is 46.8 Å². The molecule has 1 fully saturated rings. The third-order valence-electron chi connectivity index (χ3n) is 4.81. The molecule has 33 heavy (non-hydrogen) atoms. The van der Waals surface area contributed by atoms with E-state index in [0.717, 1.165) is 18.7 Å². The van der Waals surface area contributed by atoms with Gasteiger partial charge in [-0.05, 0) is 30.2 Å². The van der Waals surface area contributed by atoms with Gasteiger partial charge in [-0.3, -0.25) is 14.5 Å². The Labute approximate surface area is 207 Å². The van der Waals surface area contributed by atoms with Crippen molar-refractivity contribution < 1.29 is 19.1 Å². The zero-order valence-corrected chi connectivity index (χ0v) is 20.6. The summed E-state index contributed by atoms with van der Waals surface area (Å²) >= 11 is 13.3. The van der Waals surface area contributed by atoms with Crippen LogP contribution in [0.5, 0.6) is 0 Å². The maximum Gasteiger partial charge on any atom is 0.310 e. The third kappa shape index (κ3) is 8.75. The first-order valence-electron chi connectivity index (χ1n) is 10.6. The lowest BCUT2D eigenvalue weighted by Crippen LogP contribution is -2.47. The van der Waals surface area contributed by atoms with E-state index in [9.17, 15) is 9.59 Å². The summed E-state index contributed by atoms with van der Waals surface area (Å²) in [4.78, 5) is 34.4. The van der Waals surface area contributed by atoms with E-state index in [1.54, 1.807) is 25.4 Å². The summed E-state index contributed by atoms with van der Waals surface area (Å²) in [5.41, 5.74) is 1.75. The van der Waals surface area contributed by atoms with Gasteiger partial charge in [0.25, 0.3) is 0 Å². The van der Waals surface area contributed by atoms with Crippen LogP contribution in [0.1, 0.15) is 18.1 Å². The van der Waals surface area contributed by atoms with Gasteiger partial charge in [0.1, 0.15) is 0 Å². The molecule has 1 amide bonds. The van der Waals surface area contributed by atoms with Gasteiger partial charge in [0.05, 0.1) is 41.5 Å². The topological polar surface area (TPSA) is 93.6 Å². The number of morpholine rings is 1. The summed E-state index contributed by atoms with van der Waals surface area (Å²) in [6, 6.07) is 5.63. The molecular weight excluding hydrogens is 487 g/mol. The van der Waals surface area contributed by atoms with Crippen LogP contribution in [-0.2, 0) is 32.0 Å². The van der Waals surface area contributed by atoms with E-state index in [1.807, 2.05) is 12.1 Å². The van der Waals surface area contributed by atoms with Gasteiger partial charge in [-0.2, -0.15) is 0 Å². The summed E-state index contributed by atoms with van der Waals surface area (Å²) in [5, 5.41) is 4.46. The molecule has 178 valence electrons. The molecule has 1 saturated heterocycles. The molecule has 2 heterocycles. The average Bonchev–Trinajstić information content (AvgIpc) is 2.80. The van der Waals surface area contributed by atoms with Gasteiger partial charge in [0.2, 0.25) is 5.91 Å². The number of benzene rings is 1. The van der Waals surface area contributed by atoms with Crippen LogP contribution in [0.25, 0.3) is 0 Å². The van der Waals surface area contributed by atoms with Crippen molar-refractivity contribution in [1.29, 1.82) is 0 Å². The first-order valence-corrected chi connectivity index (χ1v) is 12.3. The highest BCUT2D eigenvalue weighted by molar-refractivity contribution is 7.99. The Morgan fingerprint density at radius 3 is 2.76 bits per heavy atom. The predicted octanol–water partition coefficient (Wildman–Crippen LogP) is 3.00. The third-order valence-corrected chi connectivity index (χ3v) is 6.42. The average molecular weight is 513 g/mol. The Hall–Kier alpha value is -1.91. The molecule has 1 aromatic carbocycles. The summed E-state index contributed by atoms with van der Waals surface area (Å²) < 4.78 is 10.7. The number of nitrogens with one attached hydrogen (secondary N) is 1. The first-order chi connectivity index (χ1) is 15.9. The number of carbonyl (C=O) groups excluding carboxylic acids is 2. The Morgan fingerprint density at radius 2 is 2.03 bits per heavy atom. The van der Waals surface area contributed by atoms with E-state index in [1.165, 1.54) is 11.8 Å². The number of hydrogen-bond donors (Lipinski definition) is 1. The van der Waals surface area contributed by atoms with Gasteiger partial charge in [0.15, 0.2) is 5.16 Å². The molecule has 3 rings (SSSR count). The Kier molecular flexibility index (Phi) is 10.2. The summed E-state index contributed by atoms with van der Waals surface area (Å²) in [6.07, 6.45) is 3.18. The SMILES string of the molecule is CCOC(=O)Cc1cnc(SCC(=O)NC[C@H]2CN(Cc3ccc(Cl)c(Cl)c3)CCO2)nc1. The highest BCUT2D eigenvalue weighted by Crippen LogP contribution is 2.23. The fourth-order valence-electron chi connectivity index (χ4n) is 3.24. The molecule has 11 heteroatoms. The van der Waals surface area contributed by atoms with Gasteiger partial charge >= 0.3 is 5.97 Å². The lowest BCUT2D eigenvalue weighted by Gasteiger charge is -2.33. The maximum absolute atomic E-state index is 12.2. The normalized spacial score (nSPS) is 16.4. The molecule has 1 aromatic heterocycles. The van der Waals surface area contributed by atoms with Crippen LogP contribution in [-0.4, -0.2) is 71.4 Å². The van der Waals surface area contributed by atoms with Crippen molar-refractivity contribution in [3.05, 3.63) is 51.8 Å². The molecular formula is C22H26Cl2N4O4S. The second-order valence-electron chi connectivity index (χ2n) is 7.42. The van der Waals surface area contributed by atoms with Crippen molar-refractivity contribution in [3.63, 3.8) is 0 Å². The van der Waals surface area contributed by atoms with E-state index in [-0.39, 0.29) is 30.2 Å². The number of aromatic nitrogens is 2. The summed E-state index contributed by atoms with van der Waals surface area (Å²) in [6.45, 7) is 5.38. The molecule has 1 aliphatic rings. The number of thioether (sulfide) groups is 1. The van der Waals surface area contributed by atoms with Crippen LogP contribution in [0, 0.1) is 0 Å². The van der Waals surface area contributed by atoms with Crippen molar-refractivity contribution in [2.75, 3.05) is 38.6 Å². The number of esters is 1. The number of ether oxygens (including phenoxy) is 2. The van der Waals surface area contributed by atoms with Crippen LogP contribution >= 0.6 is 35.0 Å². The maximum atomic E-state index is 12.2. The van der Waals surface area contributed by atoms with Gasteiger partial charge in [-0.15, -0.1) is 0 Å². The number of carbonyl (C=O) groups is 2. The quantitative estimate of drug-likeness (QED) is 0.295. The minimum absolute atomic E-state index is 0.0890. The Bertz CT molecular complexity index is 948. The molecule has 0 radical (unpaired) electrons. The molecule has 1 atom stereocenters. The molecule has 0 saturated carbocycles. The molecule has 8 nitrogen and oxygen atoms in total. The molecule has 0 spiro atoms. The zero-order valence-electron chi connectivity index (χ0n) is 18.3. The minimum atomic E-state index is -0.318. The zero-order chi connectivity index (χ0) is 23.6. The second-order valence-corrected chi connectivity index (χ2v) is 9.18. The summed E-state index contributed by atoms with van der Waals surface area (Å²) in [7, 11) is 0. The van der Waals surface area contributed by atoms with E-state index in [0.29, 0.717) is 47.1 Å². The minimum Gasteiger partial charge on any atom is -0.466 e. The van der Waals surface area contributed by atoms with Crippen LogP contribution in [0.4, 0.5) is 0 Å². The molecule has 1 aliphatic heterocycles. The summed E-state index contributed by atoms with van der Waals surface area (Å²) in [5.74, 6) is -0.248.